The van der Waals surface area contributed by atoms with Crippen molar-refractivity contribution in [1.82, 2.24) is 10.6 Å². The number of carbonyl (C=O) groups is 3. The molecule has 2 amide bonds. The van der Waals surface area contributed by atoms with E-state index in [9.17, 15) is 19.5 Å². The van der Waals surface area contributed by atoms with E-state index in [1.54, 1.807) is 0 Å². The van der Waals surface area contributed by atoms with Crippen LogP contribution in [0.1, 0.15) is 59.8 Å². The lowest BCUT2D eigenvalue weighted by atomic mass is 9.97. The lowest BCUT2D eigenvalue weighted by molar-refractivity contribution is -0.142. The maximum atomic E-state index is 12.6. The number of hydrogen-bond acceptors (Lipinski definition) is 5. The van der Waals surface area contributed by atoms with E-state index in [1.807, 2.05) is 27.7 Å². The first kappa shape index (κ1) is 24.3. The molecular formula is C18H36N4O4. The van der Waals surface area contributed by atoms with Gasteiger partial charge in [-0.25, -0.2) is 4.79 Å². The highest BCUT2D eigenvalue weighted by atomic mass is 16.4. The molecule has 26 heavy (non-hydrogen) atoms. The highest BCUT2D eigenvalue weighted by molar-refractivity contribution is 5.91. The number of unbranched alkanes of at least 4 members (excludes halogenated alkanes) is 1. The topological polar surface area (TPSA) is 148 Å². The molecule has 0 aliphatic rings. The summed E-state index contributed by atoms with van der Waals surface area (Å²) in [6.45, 7) is 8.14. The van der Waals surface area contributed by atoms with Crippen LogP contribution in [0.25, 0.3) is 0 Å². The molecule has 0 rings (SSSR count). The van der Waals surface area contributed by atoms with Gasteiger partial charge >= 0.3 is 5.97 Å². The summed E-state index contributed by atoms with van der Waals surface area (Å²) in [7, 11) is 0. The molecular weight excluding hydrogens is 336 g/mol. The Morgan fingerprint density at radius 3 is 2.04 bits per heavy atom. The van der Waals surface area contributed by atoms with Gasteiger partial charge in [0.15, 0.2) is 0 Å². The van der Waals surface area contributed by atoms with Crippen LogP contribution >= 0.6 is 0 Å². The predicted molar refractivity (Wildman–Crippen MR) is 101 cm³/mol. The molecule has 0 saturated heterocycles. The van der Waals surface area contributed by atoms with Crippen molar-refractivity contribution < 1.29 is 19.5 Å². The first-order valence-electron chi connectivity index (χ1n) is 9.43. The van der Waals surface area contributed by atoms with Crippen molar-refractivity contribution in [2.45, 2.75) is 77.9 Å². The second-order valence-electron chi connectivity index (χ2n) is 7.29. The van der Waals surface area contributed by atoms with Gasteiger partial charge in [0.25, 0.3) is 0 Å². The van der Waals surface area contributed by atoms with Crippen LogP contribution in [0.3, 0.4) is 0 Å². The Hall–Kier alpha value is -1.67. The number of nitrogens with two attached hydrogens (primary N) is 2. The van der Waals surface area contributed by atoms with Crippen LogP contribution in [-0.4, -0.2) is 47.6 Å². The maximum absolute atomic E-state index is 12.6. The van der Waals surface area contributed by atoms with Crippen LogP contribution in [-0.2, 0) is 14.4 Å². The molecule has 152 valence electrons. The molecule has 0 unspecified atom stereocenters. The molecule has 0 aromatic heterocycles. The summed E-state index contributed by atoms with van der Waals surface area (Å²) in [5, 5.41) is 14.5. The average molecular weight is 373 g/mol. The van der Waals surface area contributed by atoms with Gasteiger partial charge in [-0.15, -0.1) is 0 Å². The summed E-state index contributed by atoms with van der Waals surface area (Å²) in [5.41, 5.74) is 11.4. The normalized spacial score (nSPS) is 15.8. The van der Waals surface area contributed by atoms with E-state index in [2.05, 4.69) is 10.6 Å². The summed E-state index contributed by atoms with van der Waals surface area (Å²) in [6.07, 6.45) is 2.74. The first-order chi connectivity index (χ1) is 12.1. The van der Waals surface area contributed by atoms with Crippen LogP contribution in [0.4, 0.5) is 0 Å². The third-order valence-electron chi connectivity index (χ3n) is 4.46. The van der Waals surface area contributed by atoms with E-state index in [0.717, 1.165) is 6.42 Å². The monoisotopic (exact) mass is 372 g/mol. The maximum Gasteiger partial charge on any atom is 0.326 e. The number of nitrogens with one attached hydrogen (secondary N) is 2. The number of rotatable bonds is 13. The summed E-state index contributed by atoms with van der Waals surface area (Å²) >= 11 is 0. The van der Waals surface area contributed by atoms with Crippen LogP contribution in [0, 0.1) is 11.8 Å². The minimum Gasteiger partial charge on any atom is -0.480 e. The zero-order chi connectivity index (χ0) is 20.3. The Balaban J connectivity index is 5.00. The standard InChI is InChI=1S/C18H36N4O4/c1-5-12(4)15(20)17(24)22-14(10-11(2)3)16(23)21-13(18(25)26)8-6-7-9-19/h11-15H,5-10,19-20H2,1-4H3,(H,21,23)(H,22,24)(H,25,26)/t12-,13-,14-,15-/m0/s1. The van der Waals surface area contributed by atoms with Gasteiger partial charge in [0.1, 0.15) is 12.1 Å². The summed E-state index contributed by atoms with van der Waals surface area (Å²) in [4.78, 5) is 36.3. The minimum absolute atomic E-state index is 0.0132. The van der Waals surface area contributed by atoms with Gasteiger partial charge in [0, 0.05) is 0 Å². The fourth-order valence-corrected chi connectivity index (χ4v) is 2.51. The van der Waals surface area contributed by atoms with Gasteiger partial charge in [0.05, 0.1) is 6.04 Å². The number of carbonyl (C=O) groups excluding carboxylic acids is 2. The molecule has 0 aliphatic heterocycles. The van der Waals surface area contributed by atoms with Crippen molar-refractivity contribution in [3.63, 3.8) is 0 Å². The average Bonchev–Trinajstić information content (AvgIpc) is 2.58. The minimum atomic E-state index is -1.10. The van der Waals surface area contributed by atoms with Crippen LogP contribution in [0.2, 0.25) is 0 Å². The molecule has 0 spiro atoms. The lowest BCUT2D eigenvalue weighted by Crippen LogP contribution is -2.55. The Kier molecular flexibility index (Phi) is 11.8. The van der Waals surface area contributed by atoms with E-state index in [0.29, 0.717) is 32.2 Å². The van der Waals surface area contributed by atoms with Crippen LogP contribution in [0.15, 0.2) is 0 Å². The molecule has 0 bridgehead atoms. The van der Waals surface area contributed by atoms with E-state index in [-0.39, 0.29) is 11.8 Å². The SMILES string of the molecule is CC[C@H](C)[C@H](N)C(=O)N[C@@H](CC(C)C)C(=O)N[C@@H](CCCCN)C(=O)O. The van der Waals surface area contributed by atoms with Gasteiger partial charge in [0.2, 0.25) is 11.8 Å². The van der Waals surface area contributed by atoms with Crippen LogP contribution < -0.4 is 22.1 Å². The summed E-state index contributed by atoms with van der Waals surface area (Å²) in [5.74, 6) is -1.85. The van der Waals surface area contributed by atoms with Gasteiger partial charge in [-0.3, -0.25) is 9.59 Å². The molecule has 0 heterocycles. The van der Waals surface area contributed by atoms with Gasteiger partial charge in [-0.1, -0.05) is 34.1 Å². The van der Waals surface area contributed by atoms with Crippen LogP contribution in [0.5, 0.6) is 0 Å². The zero-order valence-electron chi connectivity index (χ0n) is 16.5. The number of carboxylic acids is 1. The zero-order valence-corrected chi connectivity index (χ0v) is 16.5. The van der Waals surface area contributed by atoms with Crippen molar-refractivity contribution in [2.24, 2.45) is 23.3 Å². The number of hydrogen-bond donors (Lipinski definition) is 5. The fraction of sp³-hybridized carbons (Fsp3) is 0.833. The third kappa shape index (κ3) is 9.15. The Bertz CT molecular complexity index is 456. The molecule has 0 saturated carbocycles. The predicted octanol–water partition coefficient (Wildman–Crippen LogP) is 0.589. The third-order valence-corrected chi connectivity index (χ3v) is 4.46. The van der Waals surface area contributed by atoms with Crippen molar-refractivity contribution in [1.29, 1.82) is 0 Å². The number of amides is 2. The molecule has 7 N–H and O–H groups in total. The molecule has 0 radical (unpaired) electrons. The summed E-state index contributed by atoms with van der Waals surface area (Å²) in [6, 6.07) is -2.51. The first-order valence-corrected chi connectivity index (χ1v) is 9.43. The fourth-order valence-electron chi connectivity index (χ4n) is 2.51. The quantitative estimate of drug-likeness (QED) is 0.299. The van der Waals surface area contributed by atoms with E-state index < -0.39 is 35.9 Å². The van der Waals surface area contributed by atoms with Crippen molar-refractivity contribution >= 4 is 17.8 Å². The van der Waals surface area contributed by atoms with Gasteiger partial charge < -0.3 is 27.2 Å². The lowest BCUT2D eigenvalue weighted by Gasteiger charge is -2.25. The van der Waals surface area contributed by atoms with Gasteiger partial charge in [-0.05, 0) is 44.1 Å². The second kappa shape index (κ2) is 12.6. The van der Waals surface area contributed by atoms with E-state index >= 15 is 0 Å². The molecule has 0 aromatic rings. The Morgan fingerprint density at radius 1 is 1.00 bits per heavy atom. The molecule has 0 aliphatic carbocycles. The van der Waals surface area contributed by atoms with E-state index in [1.165, 1.54) is 0 Å². The largest absolute Gasteiger partial charge is 0.480 e. The highest BCUT2D eigenvalue weighted by Gasteiger charge is 2.29. The molecule has 0 fully saturated rings. The molecule has 0 aromatic carbocycles. The highest BCUT2D eigenvalue weighted by Crippen LogP contribution is 2.10. The Morgan fingerprint density at radius 2 is 1.58 bits per heavy atom. The smallest absolute Gasteiger partial charge is 0.326 e. The van der Waals surface area contributed by atoms with Crippen molar-refractivity contribution in [3.05, 3.63) is 0 Å². The second-order valence-corrected chi connectivity index (χ2v) is 7.29. The Labute approximate surface area is 156 Å². The van der Waals surface area contributed by atoms with Crippen molar-refractivity contribution in [3.8, 4) is 0 Å². The number of carboxylic acid groups (broad SMARTS) is 1. The van der Waals surface area contributed by atoms with Crippen molar-refractivity contribution in [2.75, 3.05) is 6.54 Å². The number of aliphatic carboxylic acids is 1. The van der Waals surface area contributed by atoms with E-state index in [4.69, 9.17) is 11.5 Å². The molecule has 8 nitrogen and oxygen atoms in total. The molecule has 8 heteroatoms. The molecule has 4 atom stereocenters. The summed E-state index contributed by atoms with van der Waals surface area (Å²) < 4.78 is 0. The van der Waals surface area contributed by atoms with Gasteiger partial charge in [-0.2, -0.15) is 0 Å².